The first-order valence-electron chi connectivity index (χ1n) is 11.3. The van der Waals surface area contributed by atoms with E-state index in [2.05, 4.69) is 13.8 Å². The number of hydrogen-bond acceptors (Lipinski definition) is 4. The Kier molecular flexibility index (Phi) is 5.34. The zero-order chi connectivity index (χ0) is 22.2. The Balaban J connectivity index is 1.56. The minimum atomic E-state index is -1.19. The van der Waals surface area contributed by atoms with Crippen LogP contribution in [0, 0.1) is 23.2 Å². The van der Waals surface area contributed by atoms with Crippen molar-refractivity contribution in [2.24, 2.45) is 23.2 Å². The van der Waals surface area contributed by atoms with E-state index in [0.29, 0.717) is 23.3 Å². The molecule has 0 aromatic heterocycles. The molecule has 4 heteroatoms. The first-order valence-corrected chi connectivity index (χ1v) is 11.3. The normalized spacial score (nSPS) is 25.6. The SMILES string of the molecule is CC1(C)C2CC(O)C(C(COc3ccccc3)(Oc3ccccc3)Oc3ccccc3)C21. The summed E-state index contributed by atoms with van der Waals surface area (Å²) in [5.74, 6) is 1.45. The summed E-state index contributed by atoms with van der Waals surface area (Å²) in [6, 6.07) is 29.0. The maximum absolute atomic E-state index is 11.2. The Bertz CT molecular complexity index is 978. The van der Waals surface area contributed by atoms with E-state index >= 15 is 0 Å². The van der Waals surface area contributed by atoms with Gasteiger partial charge >= 0.3 is 0 Å². The fourth-order valence-electron chi connectivity index (χ4n) is 5.55. The molecule has 166 valence electrons. The quantitative estimate of drug-likeness (QED) is 0.475. The van der Waals surface area contributed by atoms with Crippen LogP contribution in [0.3, 0.4) is 0 Å². The summed E-state index contributed by atoms with van der Waals surface area (Å²) in [5, 5.41) is 11.2. The molecule has 0 amide bonds. The number of para-hydroxylation sites is 3. The van der Waals surface area contributed by atoms with Gasteiger partial charge in [0.25, 0.3) is 5.79 Å². The van der Waals surface area contributed by atoms with Crippen LogP contribution >= 0.6 is 0 Å². The van der Waals surface area contributed by atoms with Gasteiger partial charge in [0.1, 0.15) is 17.2 Å². The van der Waals surface area contributed by atoms with Crippen molar-refractivity contribution in [3.63, 3.8) is 0 Å². The van der Waals surface area contributed by atoms with Crippen LogP contribution in [0.5, 0.6) is 17.2 Å². The van der Waals surface area contributed by atoms with E-state index in [0.717, 1.165) is 12.2 Å². The summed E-state index contributed by atoms with van der Waals surface area (Å²) >= 11 is 0. The number of aliphatic hydroxyl groups is 1. The molecule has 3 aromatic rings. The maximum atomic E-state index is 11.2. The molecule has 0 spiro atoms. The van der Waals surface area contributed by atoms with Crippen LogP contribution < -0.4 is 14.2 Å². The zero-order valence-corrected chi connectivity index (χ0v) is 18.6. The Labute approximate surface area is 189 Å². The van der Waals surface area contributed by atoms with E-state index in [1.165, 1.54) is 0 Å². The third-order valence-electron chi connectivity index (χ3n) is 7.19. The van der Waals surface area contributed by atoms with Crippen LogP contribution in [0.4, 0.5) is 0 Å². The smallest absolute Gasteiger partial charge is 0.290 e. The van der Waals surface area contributed by atoms with Gasteiger partial charge in [-0.1, -0.05) is 68.4 Å². The molecule has 5 rings (SSSR count). The fourth-order valence-corrected chi connectivity index (χ4v) is 5.55. The summed E-state index contributed by atoms with van der Waals surface area (Å²) in [6.07, 6.45) is 0.232. The molecule has 32 heavy (non-hydrogen) atoms. The topological polar surface area (TPSA) is 47.9 Å². The molecule has 2 saturated carbocycles. The van der Waals surface area contributed by atoms with Gasteiger partial charge in [-0.3, -0.25) is 0 Å². The molecule has 0 bridgehead atoms. The molecule has 2 aliphatic carbocycles. The van der Waals surface area contributed by atoms with Crippen LogP contribution in [0.1, 0.15) is 20.3 Å². The van der Waals surface area contributed by atoms with Crippen LogP contribution in [0.15, 0.2) is 91.0 Å². The molecule has 4 nitrogen and oxygen atoms in total. The highest BCUT2D eigenvalue weighted by Gasteiger charge is 2.73. The highest BCUT2D eigenvalue weighted by atomic mass is 16.7. The molecule has 2 aliphatic rings. The van der Waals surface area contributed by atoms with Gasteiger partial charge in [-0.2, -0.15) is 0 Å². The lowest BCUT2D eigenvalue weighted by Gasteiger charge is -2.42. The lowest BCUT2D eigenvalue weighted by molar-refractivity contribution is -0.202. The summed E-state index contributed by atoms with van der Waals surface area (Å²) in [5.41, 5.74) is 0.141. The van der Waals surface area contributed by atoms with Gasteiger partial charge in [0.05, 0.1) is 12.0 Å². The summed E-state index contributed by atoms with van der Waals surface area (Å²) in [6.45, 7) is 4.70. The van der Waals surface area contributed by atoms with E-state index in [1.807, 2.05) is 91.0 Å². The van der Waals surface area contributed by atoms with Gasteiger partial charge in [-0.25, -0.2) is 0 Å². The number of ether oxygens (including phenoxy) is 3. The van der Waals surface area contributed by atoms with Gasteiger partial charge in [0.2, 0.25) is 0 Å². The van der Waals surface area contributed by atoms with Gasteiger partial charge in [0.15, 0.2) is 6.61 Å². The van der Waals surface area contributed by atoms with Gasteiger partial charge in [-0.15, -0.1) is 0 Å². The van der Waals surface area contributed by atoms with E-state index < -0.39 is 11.9 Å². The van der Waals surface area contributed by atoms with Crippen molar-refractivity contribution >= 4 is 0 Å². The molecule has 4 atom stereocenters. The van der Waals surface area contributed by atoms with Crippen molar-refractivity contribution in [1.29, 1.82) is 0 Å². The van der Waals surface area contributed by atoms with Crippen molar-refractivity contribution < 1.29 is 19.3 Å². The number of rotatable bonds is 8. The molecule has 0 radical (unpaired) electrons. The minimum absolute atomic E-state index is 0.141. The van der Waals surface area contributed by atoms with Crippen molar-refractivity contribution in [1.82, 2.24) is 0 Å². The third-order valence-corrected chi connectivity index (χ3v) is 7.19. The minimum Gasteiger partial charge on any atom is -0.485 e. The summed E-state index contributed by atoms with van der Waals surface area (Å²) in [7, 11) is 0. The number of hydrogen-bond donors (Lipinski definition) is 1. The predicted octanol–water partition coefficient (Wildman–Crippen LogP) is 5.57. The average molecular weight is 431 g/mol. The van der Waals surface area contributed by atoms with Gasteiger partial charge in [-0.05, 0) is 60.1 Å². The second-order valence-electron chi connectivity index (χ2n) is 9.53. The Hall–Kier alpha value is -2.98. The van der Waals surface area contributed by atoms with E-state index in [4.69, 9.17) is 14.2 Å². The Morgan fingerprint density at radius 1 is 0.781 bits per heavy atom. The first-order chi connectivity index (χ1) is 15.5. The van der Waals surface area contributed by atoms with E-state index in [-0.39, 0.29) is 17.9 Å². The van der Waals surface area contributed by atoms with Crippen molar-refractivity contribution in [2.75, 3.05) is 6.61 Å². The lowest BCUT2D eigenvalue weighted by Crippen LogP contribution is -2.58. The molecule has 0 heterocycles. The van der Waals surface area contributed by atoms with Crippen molar-refractivity contribution in [3.05, 3.63) is 91.0 Å². The molecule has 0 saturated heterocycles. The third kappa shape index (κ3) is 3.84. The number of fused-ring (bicyclic) bond motifs is 1. The highest BCUT2D eigenvalue weighted by Crippen LogP contribution is 2.71. The fraction of sp³-hybridized carbons (Fsp3) is 0.357. The monoisotopic (exact) mass is 430 g/mol. The molecule has 4 unspecified atom stereocenters. The average Bonchev–Trinajstić information content (AvgIpc) is 3.13. The Morgan fingerprint density at radius 3 is 1.72 bits per heavy atom. The standard InChI is InChI=1S/C28H30O4/c1-27(2)23-18-24(29)26(25(23)27)28(31-21-14-8-4-9-15-21,32-22-16-10-5-11-17-22)19-30-20-12-6-3-7-13-20/h3-17,23-26,29H,18-19H2,1-2H3. The summed E-state index contributed by atoms with van der Waals surface area (Å²) in [4.78, 5) is 0. The number of aliphatic hydroxyl groups excluding tert-OH is 1. The molecule has 2 fully saturated rings. The van der Waals surface area contributed by atoms with E-state index in [1.54, 1.807) is 0 Å². The number of benzene rings is 3. The molecule has 0 aliphatic heterocycles. The van der Waals surface area contributed by atoms with Crippen LogP contribution in [0.25, 0.3) is 0 Å². The summed E-state index contributed by atoms with van der Waals surface area (Å²) < 4.78 is 19.6. The van der Waals surface area contributed by atoms with Crippen LogP contribution in [-0.4, -0.2) is 23.6 Å². The second kappa shape index (κ2) is 8.18. The maximum Gasteiger partial charge on any atom is 0.290 e. The van der Waals surface area contributed by atoms with Gasteiger partial charge in [0, 0.05) is 0 Å². The second-order valence-corrected chi connectivity index (χ2v) is 9.53. The first kappa shape index (κ1) is 20.9. The molecule has 1 N–H and O–H groups in total. The largest absolute Gasteiger partial charge is 0.485 e. The van der Waals surface area contributed by atoms with Crippen LogP contribution in [-0.2, 0) is 0 Å². The predicted molar refractivity (Wildman–Crippen MR) is 124 cm³/mol. The zero-order valence-electron chi connectivity index (χ0n) is 18.6. The van der Waals surface area contributed by atoms with Gasteiger partial charge < -0.3 is 19.3 Å². The Morgan fingerprint density at radius 2 is 1.25 bits per heavy atom. The highest BCUT2D eigenvalue weighted by molar-refractivity contribution is 5.28. The van der Waals surface area contributed by atoms with Crippen molar-refractivity contribution in [3.8, 4) is 17.2 Å². The van der Waals surface area contributed by atoms with Crippen LogP contribution in [0.2, 0.25) is 0 Å². The molecule has 3 aromatic carbocycles. The molecular weight excluding hydrogens is 400 g/mol. The molecular formula is C28H30O4. The van der Waals surface area contributed by atoms with Crippen molar-refractivity contribution in [2.45, 2.75) is 32.2 Å². The lowest BCUT2D eigenvalue weighted by atomic mass is 9.84. The van der Waals surface area contributed by atoms with E-state index in [9.17, 15) is 5.11 Å².